The molecule has 1 N–H and O–H groups in total. The first-order valence-corrected chi connectivity index (χ1v) is 3.89. The van der Waals surface area contributed by atoms with E-state index in [0.717, 1.165) is 0 Å². The molecular formula is C7H13N3O3. The Kier molecular flexibility index (Phi) is 3.66. The zero-order valence-corrected chi connectivity index (χ0v) is 7.73. The molecule has 0 aliphatic carbocycles. The quantitative estimate of drug-likeness (QED) is 0.668. The Labute approximate surface area is 76.1 Å². The topological polar surface area (TPSA) is 69.4 Å². The molecule has 0 bridgehead atoms. The minimum Gasteiger partial charge on any atom is -0.467 e. The lowest BCUT2D eigenvalue weighted by Crippen LogP contribution is -2.09. The summed E-state index contributed by atoms with van der Waals surface area (Å²) in [4.78, 5) is 0. The second kappa shape index (κ2) is 4.78. The predicted molar refractivity (Wildman–Crippen MR) is 44.4 cm³/mol. The maximum Gasteiger partial charge on any atom is 0.316 e. The molecule has 0 saturated carbocycles. The molecule has 0 aliphatic heterocycles. The maximum absolute atomic E-state index is 8.91. The van der Waals surface area contributed by atoms with Gasteiger partial charge in [0.05, 0.1) is 20.3 Å². The zero-order chi connectivity index (χ0) is 9.68. The van der Waals surface area contributed by atoms with E-state index in [9.17, 15) is 0 Å². The van der Waals surface area contributed by atoms with Crippen LogP contribution >= 0.6 is 0 Å². The molecule has 1 rings (SSSR count). The fraction of sp³-hybridized carbons (Fsp3) is 0.714. The summed E-state index contributed by atoms with van der Waals surface area (Å²) >= 11 is 0. The van der Waals surface area contributed by atoms with Crippen LogP contribution in [0.2, 0.25) is 0 Å². The van der Waals surface area contributed by atoms with Crippen LogP contribution in [0.3, 0.4) is 0 Å². The minimum atomic E-state index is -0.153. The Morgan fingerprint density at radius 1 is 1.38 bits per heavy atom. The summed E-state index contributed by atoms with van der Waals surface area (Å²) in [5, 5.41) is 16.4. The Morgan fingerprint density at radius 2 is 2.15 bits per heavy atom. The van der Waals surface area contributed by atoms with Crippen molar-refractivity contribution in [3.05, 3.63) is 5.82 Å². The molecule has 0 saturated heterocycles. The number of aliphatic hydroxyl groups is 1. The van der Waals surface area contributed by atoms with Gasteiger partial charge in [0.1, 0.15) is 6.61 Å². The van der Waals surface area contributed by atoms with Crippen molar-refractivity contribution in [3.8, 4) is 6.01 Å². The third kappa shape index (κ3) is 2.16. The standard InChI is InChI=1S/C7H13N3O3/c1-12-4-3-10-6(5-11)8-9-7(10)13-2/h11H,3-5H2,1-2H3. The van der Waals surface area contributed by atoms with E-state index >= 15 is 0 Å². The van der Waals surface area contributed by atoms with Crippen LogP contribution in [0.1, 0.15) is 5.82 Å². The summed E-state index contributed by atoms with van der Waals surface area (Å²) in [6, 6.07) is 0.390. The van der Waals surface area contributed by atoms with Gasteiger partial charge in [-0.25, -0.2) is 0 Å². The SMILES string of the molecule is COCCn1c(CO)nnc1OC. The summed E-state index contributed by atoms with van der Waals surface area (Å²) in [7, 11) is 3.12. The van der Waals surface area contributed by atoms with Crippen molar-refractivity contribution in [1.82, 2.24) is 14.8 Å². The van der Waals surface area contributed by atoms with Gasteiger partial charge in [-0.3, -0.25) is 4.57 Å². The molecular weight excluding hydrogens is 174 g/mol. The molecule has 0 aliphatic rings. The third-order valence-corrected chi connectivity index (χ3v) is 1.64. The molecule has 74 valence electrons. The zero-order valence-electron chi connectivity index (χ0n) is 7.73. The van der Waals surface area contributed by atoms with Gasteiger partial charge < -0.3 is 14.6 Å². The van der Waals surface area contributed by atoms with Crippen LogP contribution in [0, 0.1) is 0 Å². The van der Waals surface area contributed by atoms with E-state index < -0.39 is 0 Å². The van der Waals surface area contributed by atoms with Gasteiger partial charge in [0.2, 0.25) is 0 Å². The molecule has 0 amide bonds. The lowest BCUT2D eigenvalue weighted by atomic mass is 10.6. The van der Waals surface area contributed by atoms with Crippen LogP contribution in [0.4, 0.5) is 0 Å². The van der Waals surface area contributed by atoms with Crippen LogP contribution in [0.25, 0.3) is 0 Å². The summed E-state index contributed by atoms with van der Waals surface area (Å²) in [6.07, 6.45) is 0. The molecule has 0 unspecified atom stereocenters. The number of aromatic nitrogens is 3. The van der Waals surface area contributed by atoms with Gasteiger partial charge in [-0.05, 0) is 0 Å². The highest BCUT2D eigenvalue weighted by Crippen LogP contribution is 2.09. The summed E-state index contributed by atoms with van der Waals surface area (Å²) in [6.45, 7) is 0.948. The molecule has 0 fully saturated rings. The number of rotatable bonds is 5. The molecule has 1 aromatic heterocycles. The molecule has 0 radical (unpaired) electrons. The van der Waals surface area contributed by atoms with Crippen LogP contribution in [-0.2, 0) is 17.9 Å². The first-order valence-electron chi connectivity index (χ1n) is 3.89. The monoisotopic (exact) mass is 187 g/mol. The normalized spacial score (nSPS) is 10.4. The Morgan fingerprint density at radius 3 is 2.69 bits per heavy atom. The maximum atomic E-state index is 8.91. The summed E-state index contributed by atoms with van der Waals surface area (Å²) in [5.41, 5.74) is 0. The number of methoxy groups -OCH3 is 2. The van der Waals surface area contributed by atoms with Gasteiger partial charge in [-0.15, -0.1) is 5.10 Å². The molecule has 13 heavy (non-hydrogen) atoms. The minimum absolute atomic E-state index is 0.153. The van der Waals surface area contributed by atoms with Crippen LogP contribution in [0.15, 0.2) is 0 Å². The molecule has 0 atom stereocenters. The molecule has 6 heteroatoms. The van der Waals surface area contributed by atoms with E-state index in [2.05, 4.69) is 10.2 Å². The van der Waals surface area contributed by atoms with Crippen molar-refractivity contribution in [2.45, 2.75) is 13.2 Å². The smallest absolute Gasteiger partial charge is 0.316 e. The number of hydrogen-bond donors (Lipinski definition) is 1. The predicted octanol–water partition coefficient (Wildman–Crippen LogP) is -0.575. The van der Waals surface area contributed by atoms with Crippen LogP contribution < -0.4 is 4.74 Å². The second-order valence-corrected chi connectivity index (χ2v) is 2.41. The highest BCUT2D eigenvalue weighted by Gasteiger charge is 2.10. The molecule has 6 nitrogen and oxygen atoms in total. The first-order chi connectivity index (χ1) is 6.33. The average molecular weight is 187 g/mol. The lowest BCUT2D eigenvalue weighted by molar-refractivity contribution is 0.178. The van der Waals surface area contributed by atoms with Gasteiger partial charge in [-0.1, -0.05) is 5.10 Å². The van der Waals surface area contributed by atoms with Crippen molar-refractivity contribution in [2.24, 2.45) is 0 Å². The summed E-state index contributed by atoms with van der Waals surface area (Å²) in [5.74, 6) is 0.480. The van der Waals surface area contributed by atoms with Gasteiger partial charge >= 0.3 is 6.01 Å². The van der Waals surface area contributed by atoms with E-state index in [-0.39, 0.29) is 6.61 Å². The van der Waals surface area contributed by atoms with E-state index in [0.29, 0.717) is 25.0 Å². The van der Waals surface area contributed by atoms with Gasteiger partial charge in [0.25, 0.3) is 0 Å². The highest BCUT2D eigenvalue weighted by atomic mass is 16.5. The third-order valence-electron chi connectivity index (χ3n) is 1.64. The Balaban J connectivity index is 2.78. The number of ether oxygens (including phenoxy) is 2. The van der Waals surface area contributed by atoms with Crippen molar-refractivity contribution in [1.29, 1.82) is 0 Å². The van der Waals surface area contributed by atoms with Gasteiger partial charge in [0.15, 0.2) is 5.82 Å². The fourth-order valence-electron chi connectivity index (χ4n) is 0.994. The van der Waals surface area contributed by atoms with Crippen LogP contribution in [0.5, 0.6) is 6.01 Å². The van der Waals surface area contributed by atoms with E-state index in [1.54, 1.807) is 11.7 Å². The number of nitrogens with zero attached hydrogens (tertiary/aromatic N) is 3. The van der Waals surface area contributed by atoms with E-state index in [1.165, 1.54) is 7.11 Å². The van der Waals surface area contributed by atoms with Crippen molar-refractivity contribution >= 4 is 0 Å². The summed E-state index contributed by atoms with van der Waals surface area (Å²) < 4.78 is 11.5. The molecule has 0 spiro atoms. The van der Waals surface area contributed by atoms with Gasteiger partial charge in [0, 0.05) is 7.11 Å². The second-order valence-electron chi connectivity index (χ2n) is 2.41. The van der Waals surface area contributed by atoms with E-state index in [1.807, 2.05) is 0 Å². The average Bonchev–Trinajstić information content (AvgIpc) is 2.56. The lowest BCUT2D eigenvalue weighted by Gasteiger charge is -2.06. The highest BCUT2D eigenvalue weighted by molar-refractivity contribution is 4.99. The van der Waals surface area contributed by atoms with Crippen LogP contribution in [-0.4, -0.2) is 40.7 Å². The van der Waals surface area contributed by atoms with E-state index in [4.69, 9.17) is 14.6 Å². The fourth-order valence-corrected chi connectivity index (χ4v) is 0.994. The Hall–Kier alpha value is -1.14. The first kappa shape index (κ1) is 9.94. The van der Waals surface area contributed by atoms with Crippen molar-refractivity contribution < 1.29 is 14.6 Å². The van der Waals surface area contributed by atoms with Gasteiger partial charge in [-0.2, -0.15) is 0 Å². The molecule has 1 heterocycles. The Bertz CT molecular complexity index is 240. The largest absolute Gasteiger partial charge is 0.467 e. The number of aliphatic hydroxyl groups excluding tert-OH is 1. The molecule has 1 aromatic rings. The van der Waals surface area contributed by atoms with Crippen molar-refractivity contribution in [3.63, 3.8) is 0 Å². The number of hydrogen-bond acceptors (Lipinski definition) is 5. The van der Waals surface area contributed by atoms with Crippen molar-refractivity contribution in [2.75, 3.05) is 20.8 Å². The molecule has 0 aromatic carbocycles.